The third-order valence-electron chi connectivity index (χ3n) is 5.95. The van der Waals surface area contributed by atoms with Gasteiger partial charge in [-0.2, -0.15) is 0 Å². The van der Waals surface area contributed by atoms with Crippen LogP contribution in [-0.4, -0.2) is 53.0 Å². The topological polar surface area (TPSA) is 60.9 Å². The number of carbonyl (C=O) groups is 3. The van der Waals surface area contributed by atoms with Gasteiger partial charge in [-0.3, -0.25) is 19.3 Å². The first-order valence-corrected chi connectivity index (χ1v) is 11.4. The minimum absolute atomic E-state index is 0.153. The third kappa shape index (κ3) is 3.33. The number of carbonyl (C=O) groups excluding carboxylic acids is 3. The SMILES string of the molecule is C=CCN1C(=O)c2ccccc2N2C(=O)CCC12C(=O)N(C)Cc1ccc(SC)cc1. The zero-order valence-electron chi connectivity index (χ0n) is 17.7. The molecule has 160 valence electrons. The second kappa shape index (κ2) is 8.23. The molecule has 0 N–H and O–H groups in total. The van der Waals surface area contributed by atoms with Gasteiger partial charge in [0.1, 0.15) is 0 Å². The van der Waals surface area contributed by atoms with Crippen LogP contribution in [0.15, 0.2) is 66.1 Å². The second-order valence-corrected chi connectivity index (χ2v) is 8.66. The van der Waals surface area contributed by atoms with Crippen molar-refractivity contribution in [1.82, 2.24) is 9.80 Å². The lowest BCUT2D eigenvalue weighted by Crippen LogP contribution is -2.70. The summed E-state index contributed by atoms with van der Waals surface area (Å²) in [4.78, 5) is 46.1. The molecule has 0 radical (unpaired) electrons. The van der Waals surface area contributed by atoms with Gasteiger partial charge in [-0.05, 0) is 36.1 Å². The molecule has 2 aliphatic rings. The molecule has 0 saturated carbocycles. The zero-order chi connectivity index (χ0) is 22.2. The number of fused-ring (bicyclic) bond motifs is 3. The third-order valence-corrected chi connectivity index (χ3v) is 6.70. The van der Waals surface area contributed by atoms with Crippen molar-refractivity contribution in [2.24, 2.45) is 0 Å². The molecular formula is C24H25N3O3S. The molecule has 0 spiro atoms. The summed E-state index contributed by atoms with van der Waals surface area (Å²) < 4.78 is 0. The summed E-state index contributed by atoms with van der Waals surface area (Å²) >= 11 is 1.66. The molecule has 1 unspecified atom stereocenters. The van der Waals surface area contributed by atoms with Gasteiger partial charge >= 0.3 is 0 Å². The van der Waals surface area contributed by atoms with Crippen LogP contribution in [-0.2, 0) is 16.1 Å². The average Bonchev–Trinajstić information content (AvgIpc) is 3.14. The van der Waals surface area contributed by atoms with Crippen molar-refractivity contribution in [2.75, 3.05) is 24.7 Å². The summed E-state index contributed by atoms with van der Waals surface area (Å²) in [5, 5.41) is 0. The maximum atomic E-state index is 13.9. The van der Waals surface area contributed by atoms with Gasteiger partial charge in [0.2, 0.25) is 11.6 Å². The van der Waals surface area contributed by atoms with Crippen LogP contribution in [0.25, 0.3) is 0 Å². The molecule has 0 aromatic heterocycles. The van der Waals surface area contributed by atoms with Crippen LogP contribution in [0.5, 0.6) is 0 Å². The first-order chi connectivity index (χ1) is 14.9. The molecule has 1 atom stereocenters. The number of amides is 3. The van der Waals surface area contributed by atoms with Crippen molar-refractivity contribution >= 4 is 35.2 Å². The highest BCUT2D eigenvalue weighted by atomic mass is 32.2. The molecule has 1 fully saturated rings. The lowest BCUT2D eigenvalue weighted by atomic mass is 9.95. The predicted molar refractivity (Wildman–Crippen MR) is 122 cm³/mol. The molecule has 7 heteroatoms. The summed E-state index contributed by atoms with van der Waals surface area (Å²) in [5.74, 6) is -0.676. The smallest absolute Gasteiger partial charge is 0.270 e. The molecule has 1 saturated heterocycles. The van der Waals surface area contributed by atoms with Crippen molar-refractivity contribution in [2.45, 2.75) is 29.9 Å². The molecule has 3 amide bonds. The number of hydrogen-bond donors (Lipinski definition) is 0. The molecule has 2 aliphatic heterocycles. The largest absolute Gasteiger partial charge is 0.338 e. The molecule has 2 aromatic carbocycles. The van der Waals surface area contributed by atoms with Crippen LogP contribution in [0.4, 0.5) is 5.69 Å². The number of thioether (sulfide) groups is 1. The van der Waals surface area contributed by atoms with Gasteiger partial charge in [-0.15, -0.1) is 18.3 Å². The Hall–Kier alpha value is -3.06. The van der Waals surface area contributed by atoms with Crippen LogP contribution in [0.1, 0.15) is 28.8 Å². The molecule has 4 rings (SSSR count). The van der Waals surface area contributed by atoms with Gasteiger partial charge in [0.25, 0.3) is 11.8 Å². The predicted octanol–water partition coefficient (Wildman–Crippen LogP) is 3.53. The molecule has 0 bridgehead atoms. The number of likely N-dealkylation sites (N-methyl/N-ethyl adjacent to an activating group) is 1. The molecule has 2 aromatic rings. The summed E-state index contributed by atoms with van der Waals surface area (Å²) in [6.45, 7) is 4.34. The maximum Gasteiger partial charge on any atom is 0.270 e. The van der Waals surface area contributed by atoms with Gasteiger partial charge in [0.15, 0.2) is 0 Å². The van der Waals surface area contributed by atoms with E-state index in [-0.39, 0.29) is 37.1 Å². The van der Waals surface area contributed by atoms with Crippen molar-refractivity contribution < 1.29 is 14.4 Å². The monoisotopic (exact) mass is 435 g/mol. The number of rotatable bonds is 6. The van der Waals surface area contributed by atoms with Gasteiger partial charge in [0, 0.05) is 37.9 Å². The van der Waals surface area contributed by atoms with Gasteiger partial charge in [0.05, 0.1) is 11.3 Å². The van der Waals surface area contributed by atoms with E-state index in [0.29, 0.717) is 17.8 Å². The van der Waals surface area contributed by atoms with E-state index in [4.69, 9.17) is 0 Å². The molecule has 31 heavy (non-hydrogen) atoms. The second-order valence-electron chi connectivity index (χ2n) is 7.78. The van der Waals surface area contributed by atoms with E-state index in [1.165, 1.54) is 9.80 Å². The van der Waals surface area contributed by atoms with Gasteiger partial charge < -0.3 is 9.80 Å². The molecule has 2 heterocycles. The van der Waals surface area contributed by atoms with Gasteiger partial charge in [-0.1, -0.05) is 30.3 Å². The Balaban J connectivity index is 1.75. The van der Waals surface area contributed by atoms with Crippen molar-refractivity contribution in [3.8, 4) is 0 Å². The number of benzene rings is 2. The number of para-hydroxylation sites is 1. The van der Waals surface area contributed by atoms with E-state index in [0.717, 1.165) is 10.5 Å². The van der Waals surface area contributed by atoms with Crippen LogP contribution in [0.3, 0.4) is 0 Å². The van der Waals surface area contributed by atoms with E-state index >= 15 is 0 Å². The van der Waals surface area contributed by atoms with E-state index in [2.05, 4.69) is 6.58 Å². The molecule has 0 aliphatic carbocycles. The average molecular weight is 436 g/mol. The Kier molecular flexibility index (Phi) is 5.62. The molecular weight excluding hydrogens is 410 g/mol. The maximum absolute atomic E-state index is 13.9. The normalized spacial score (nSPS) is 19.8. The quantitative estimate of drug-likeness (QED) is 0.514. The summed E-state index contributed by atoms with van der Waals surface area (Å²) in [7, 11) is 1.72. The van der Waals surface area contributed by atoms with E-state index in [1.54, 1.807) is 54.1 Å². The first-order valence-electron chi connectivity index (χ1n) is 10.2. The zero-order valence-corrected chi connectivity index (χ0v) is 18.5. The van der Waals surface area contributed by atoms with Gasteiger partial charge in [-0.25, -0.2) is 0 Å². The lowest BCUT2D eigenvalue weighted by molar-refractivity contribution is -0.143. The number of anilines is 1. The summed E-state index contributed by atoms with van der Waals surface area (Å²) in [6, 6.07) is 15.0. The van der Waals surface area contributed by atoms with Crippen molar-refractivity contribution in [3.63, 3.8) is 0 Å². The fourth-order valence-electron chi connectivity index (χ4n) is 4.53. The summed E-state index contributed by atoms with van der Waals surface area (Å²) in [6.07, 6.45) is 4.08. The van der Waals surface area contributed by atoms with E-state index in [9.17, 15) is 14.4 Å². The Morgan fingerprint density at radius 3 is 2.58 bits per heavy atom. The van der Waals surface area contributed by atoms with Crippen LogP contribution in [0, 0.1) is 0 Å². The van der Waals surface area contributed by atoms with Crippen LogP contribution >= 0.6 is 11.8 Å². The number of hydrogen-bond acceptors (Lipinski definition) is 4. The van der Waals surface area contributed by atoms with Crippen LogP contribution in [0.2, 0.25) is 0 Å². The minimum Gasteiger partial charge on any atom is -0.338 e. The number of nitrogens with zero attached hydrogens (tertiary/aromatic N) is 3. The van der Waals surface area contributed by atoms with E-state index in [1.807, 2.05) is 30.5 Å². The highest BCUT2D eigenvalue weighted by molar-refractivity contribution is 7.98. The van der Waals surface area contributed by atoms with Crippen molar-refractivity contribution in [3.05, 3.63) is 72.3 Å². The standard InChI is InChI=1S/C24H25N3O3S/c1-4-15-26-22(29)19-7-5-6-8-20(19)27-21(28)13-14-24(26,27)23(30)25(2)16-17-9-11-18(31-3)12-10-17/h4-12H,1,13-16H2,2-3H3. The highest BCUT2D eigenvalue weighted by Crippen LogP contribution is 2.45. The highest BCUT2D eigenvalue weighted by Gasteiger charge is 2.61. The minimum atomic E-state index is -1.37. The fraction of sp³-hybridized carbons (Fsp3) is 0.292. The Bertz CT molecular complexity index is 1050. The fourth-order valence-corrected chi connectivity index (χ4v) is 4.93. The Morgan fingerprint density at radius 1 is 1.19 bits per heavy atom. The first kappa shape index (κ1) is 21.2. The van der Waals surface area contributed by atoms with Crippen LogP contribution < -0.4 is 4.90 Å². The lowest BCUT2D eigenvalue weighted by Gasteiger charge is -2.50. The summed E-state index contributed by atoms with van der Waals surface area (Å²) in [5.41, 5.74) is 0.545. The Labute approximate surface area is 186 Å². The van der Waals surface area contributed by atoms with Crippen molar-refractivity contribution in [1.29, 1.82) is 0 Å². The molecule has 6 nitrogen and oxygen atoms in total. The Morgan fingerprint density at radius 2 is 1.90 bits per heavy atom. The van der Waals surface area contributed by atoms with E-state index < -0.39 is 5.66 Å².